The quantitative estimate of drug-likeness (QED) is 0.748. The number of rotatable bonds is 1. The molecule has 0 saturated heterocycles. The van der Waals surface area contributed by atoms with Crippen molar-refractivity contribution >= 4 is 47.7 Å². The highest BCUT2D eigenvalue weighted by Gasteiger charge is 2.16. The van der Waals surface area contributed by atoms with Gasteiger partial charge < -0.3 is 4.98 Å². The van der Waals surface area contributed by atoms with E-state index < -0.39 is 9.84 Å². The second-order valence-corrected chi connectivity index (χ2v) is 7.03. The molecule has 3 aromatic rings. The molecule has 0 aliphatic carbocycles. The number of hydrogen-bond acceptors (Lipinski definition) is 3. The van der Waals surface area contributed by atoms with E-state index in [2.05, 4.69) is 25.9 Å². The summed E-state index contributed by atoms with van der Waals surface area (Å²) in [5, 5.41) is 0.655. The molecule has 92 valence electrons. The molecule has 0 unspecified atom stereocenters. The van der Waals surface area contributed by atoms with E-state index in [1.807, 2.05) is 12.1 Å². The van der Waals surface area contributed by atoms with Gasteiger partial charge in [0.25, 0.3) is 0 Å². The van der Waals surface area contributed by atoms with Gasteiger partial charge in [-0.05, 0) is 34.1 Å². The zero-order valence-corrected chi connectivity index (χ0v) is 11.8. The number of pyridine rings is 1. The molecule has 0 bridgehead atoms. The lowest BCUT2D eigenvalue weighted by Gasteiger charge is -2.00. The van der Waals surface area contributed by atoms with Crippen molar-refractivity contribution < 1.29 is 8.42 Å². The Bertz CT molecular complexity index is 868. The average molecular weight is 325 g/mol. The Kier molecular flexibility index (Phi) is 2.46. The van der Waals surface area contributed by atoms with E-state index in [0.717, 1.165) is 15.5 Å². The van der Waals surface area contributed by atoms with Gasteiger partial charge in [0.05, 0.1) is 15.9 Å². The molecule has 0 spiro atoms. The third-order valence-corrected chi connectivity index (χ3v) is 4.36. The van der Waals surface area contributed by atoms with Crippen molar-refractivity contribution in [3.05, 3.63) is 34.9 Å². The largest absolute Gasteiger partial charge is 0.353 e. The first-order chi connectivity index (χ1) is 8.47. The molecule has 0 aliphatic heterocycles. The second kappa shape index (κ2) is 3.80. The highest BCUT2D eigenvalue weighted by Crippen LogP contribution is 2.30. The van der Waals surface area contributed by atoms with Gasteiger partial charge in [-0.1, -0.05) is 6.07 Å². The van der Waals surface area contributed by atoms with E-state index in [0.29, 0.717) is 15.8 Å². The van der Waals surface area contributed by atoms with Crippen LogP contribution in [0.15, 0.2) is 39.8 Å². The molecule has 4 nitrogen and oxygen atoms in total. The molecular weight excluding hydrogens is 316 g/mol. The molecular formula is C12H9BrN2O2S. The predicted molar refractivity (Wildman–Crippen MR) is 74.4 cm³/mol. The monoisotopic (exact) mass is 324 g/mol. The van der Waals surface area contributed by atoms with Gasteiger partial charge in [0.1, 0.15) is 0 Å². The molecule has 0 saturated carbocycles. The number of hydrogen-bond donors (Lipinski definition) is 1. The molecule has 0 fully saturated rings. The molecule has 1 aromatic carbocycles. The van der Waals surface area contributed by atoms with Crippen LogP contribution >= 0.6 is 15.9 Å². The highest BCUT2D eigenvalue weighted by molar-refractivity contribution is 9.10. The number of nitrogens with zero attached hydrogens (tertiary/aromatic N) is 1. The number of halogens is 1. The fourth-order valence-corrected chi connectivity index (χ4v) is 3.30. The fourth-order valence-electron chi connectivity index (χ4n) is 2.07. The van der Waals surface area contributed by atoms with Crippen LogP contribution in [0.25, 0.3) is 21.9 Å². The van der Waals surface area contributed by atoms with Crippen molar-refractivity contribution in [3.63, 3.8) is 0 Å². The topological polar surface area (TPSA) is 62.8 Å². The first kappa shape index (κ1) is 11.7. The van der Waals surface area contributed by atoms with Gasteiger partial charge in [-0.25, -0.2) is 8.42 Å². The van der Waals surface area contributed by atoms with Crippen molar-refractivity contribution in [2.45, 2.75) is 4.90 Å². The predicted octanol–water partition coefficient (Wildman–Crippen LogP) is 2.88. The highest BCUT2D eigenvalue weighted by atomic mass is 79.9. The molecule has 6 heteroatoms. The number of aromatic amines is 1. The maximum absolute atomic E-state index is 11.8. The normalized spacial score (nSPS) is 12.3. The summed E-state index contributed by atoms with van der Waals surface area (Å²) in [7, 11) is -3.27. The molecule has 0 radical (unpaired) electrons. The van der Waals surface area contributed by atoms with Crippen LogP contribution in [0.3, 0.4) is 0 Å². The summed E-state index contributed by atoms with van der Waals surface area (Å²) in [5.74, 6) is 0. The van der Waals surface area contributed by atoms with Crippen molar-refractivity contribution in [1.82, 2.24) is 9.97 Å². The lowest BCUT2D eigenvalue weighted by molar-refractivity contribution is 0.603. The summed E-state index contributed by atoms with van der Waals surface area (Å²) in [5.41, 5.74) is 2.27. The smallest absolute Gasteiger partial charge is 0.176 e. The van der Waals surface area contributed by atoms with Crippen LogP contribution in [0.1, 0.15) is 0 Å². The third kappa shape index (κ3) is 1.72. The number of aromatic nitrogens is 2. The minimum Gasteiger partial charge on any atom is -0.353 e. The minimum atomic E-state index is -3.27. The van der Waals surface area contributed by atoms with Crippen LogP contribution in [0, 0.1) is 0 Å². The standard InChI is InChI=1S/C12H9BrN2O2S/c1-18(16,17)10-4-2-3-8-11(10)12-9(15-8)5-7(13)6-14-12/h2-6,15H,1H3. The Hall–Kier alpha value is -1.40. The summed E-state index contributed by atoms with van der Waals surface area (Å²) in [6.07, 6.45) is 2.87. The van der Waals surface area contributed by atoms with Crippen molar-refractivity contribution in [1.29, 1.82) is 0 Å². The van der Waals surface area contributed by atoms with Gasteiger partial charge in [0.2, 0.25) is 0 Å². The van der Waals surface area contributed by atoms with E-state index in [9.17, 15) is 8.42 Å². The lowest BCUT2D eigenvalue weighted by atomic mass is 10.2. The van der Waals surface area contributed by atoms with Crippen LogP contribution in [0.4, 0.5) is 0 Å². The van der Waals surface area contributed by atoms with E-state index in [1.54, 1.807) is 18.3 Å². The molecule has 2 aromatic heterocycles. The van der Waals surface area contributed by atoms with Gasteiger partial charge >= 0.3 is 0 Å². The van der Waals surface area contributed by atoms with Gasteiger partial charge in [-0.2, -0.15) is 0 Å². The number of benzene rings is 1. The van der Waals surface area contributed by atoms with Crippen LogP contribution in [0.2, 0.25) is 0 Å². The molecule has 2 heterocycles. The molecule has 3 rings (SSSR count). The van der Waals surface area contributed by atoms with E-state index in [4.69, 9.17) is 0 Å². The number of nitrogens with one attached hydrogen (secondary N) is 1. The first-order valence-corrected chi connectivity index (χ1v) is 7.91. The van der Waals surface area contributed by atoms with Gasteiger partial charge in [0, 0.05) is 27.8 Å². The van der Waals surface area contributed by atoms with Gasteiger partial charge in [0.15, 0.2) is 9.84 Å². The van der Waals surface area contributed by atoms with Crippen LogP contribution < -0.4 is 0 Å². The van der Waals surface area contributed by atoms with Crippen molar-refractivity contribution in [2.75, 3.05) is 6.26 Å². The SMILES string of the molecule is CS(=O)(=O)c1cccc2[nH]c3cc(Br)cnc3c12. The van der Waals surface area contributed by atoms with Crippen LogP contribution in [0.5, 0.6) is 0 Å². The van der Waals surface area contributed by atoms with Crippen LogP contribution in [-0.2, 0) is 9.84 Å². The summed E-state index contributed by atoms with van der Waals surface area (Å²) < 4.78 is 24.5. The summed E-state index contributed by atoms with van der Waals surface area (Å²) in [6.45, 7) is 0. The van der Waals surface area contributed by atoms with Crippen molar-refractivity contribution in [2.24, 2.45) is 0 Å². The number of H-pyrrole nitrogens is 1. The summed E-state index contributed by atoms with van der Waals surface area (Å²) in [6, 6.07) is 7.06. The first-order valence-electron chi connectivity index (χ1n) is 5.23. The van der Waals surface area contributed by atoms with Crippen LogP contribution in [-0.4, -0.2) is 24.6 Å². The van der Waals surface area contributed by atoms with Crippen molar-refractivity contribution in [3.8, 4) is 0 Å². The Morgan fingerprint density at radius 2 is 2.06 bits per heavy atom. The minimum absolute atomic E-state index is 0.307. The molecule has 1 N–H and O–H groups in total. The van der Waals surface area contributed by atoms with Gasteiger partial charge in [-0.15, -0.1) is 0 Å². The summed E-state index contributed by atoms with van der Waals surface area (Å²) >= 11 is 3.35. The second-order valence-electron chi connectivity index (χ2n) is 4.13. The fraction of sp³-hybridized carbons (Fsp3) is 0.0833. The Morgan fingerprint density at radius 1 is 1.28 bits per heavy atom. The number of sulfone groups is 1. The number of fused-ring (bicyclic) bond motifs is 3. The van der Waals surface area contributed by atoms with E-state index in [-0.39, 0.29) is 0 Å². The zero-order valence-electron chi connectivity index (χ0n) is 9.44. The third-order valence-electron chi connectivity index (χ3n) is 2.79. The molecule has 18 heavy (non-hydrogen) atoms. The Balaban J connectivity index is 2.58. The molecule has 0 amide bonds. The molecule has 0 aliphatic rings. The Labute approximate surface area is 112 Å². The molecule has 0 atom stereocenters. The maximum Gasteiger partial charge on any atom is 0.176 e. The van der Waals surface area contributed by atoms with E-state index in [1.165, 1.54) is 6.26 Å². The summed E-state index contributed by atoms with van der Waals surface area (Å²) in [4.78, 5) is 7.78. The zero-order chi connectivity index (χ0) is 12.9. The maximum atomic E-state index is 11.8. The lowest BCUT2D eigenvalue weighted by Crippen LogP contribution is -1.97. The van der Waals surface area contributed by atoms with E-state index >= 15 is 0 Å². The average Bonchev–Trinajstić information content (AvgIpc) is 2.64. The Morgan fingerprint density at radius 3 is 2.78 bits per heavy atom. The van der Waals surface area contributed by atoms with Gasteiger partial charge in [-0.3, -0.25) is 4.98 Å².